The van der Waals surface area contributed by atoms with Gasteiger partial charge >= 0.3 is 0 Å². The molecule has 0 spiro atoms. The standard InChI is InChI=1S/C23H21ClN2O4S2/c24-21-11-12-22(31-21)32(28,29)26-13-5-10-20(26)23(27)25-15-18-8-4-9-19(14-18)30-16-17-6-2-1-3-7-17/h1-12,14,20H,13,15-16H2,(H,25,27). The van der Waals surface area contributed by atoms with Crippen molar-refractivity contribution in [3.8, 4) is 5.75 Å². The Morgan fingerprint density at radius 3 is 2.62 bits per heavy atom. The topological polar surface area (TPSA) is 75.7 Å². The van der Waals surface area contributed by atoms with Gasteiger partial charge < -0.3 is 10.1 Å². The molecule has 0 saturated heterocycles. The van der Waals surface area contributed by atoms with Crippen LogP contribution in [-0.2, 0) is 28.0 Å². The smallest absolute Gasteiger partial charge is 0.253 e. The van der Waals surface area contributed by atoms with E-state index >= 15 is 0 Å². The third-order valence-electron chi connectivity index (χ3n) is 4.91. The molecular formula is C23H21ClN2O4S2. The number of hydrogen-bond acceptors (Lipinski definition) is 5. The molecule has 2 aromatic carbocycles. The summed E-state index contributed by atoms with van der Waals surface area (Å²) in [6, 6.07) is 19.4. The molecule has 0 fully saturated rings. The maximum atomic E-state index is 12.9. The molecule has 32 heavy (non-hydrogen) atoms. The van der Waals surface area contributed by atoms with Gasteiger partial charge in [-0.05, 0) is 35.4 Å². The molecule has 1 aliphatic heterocycles. The highest BCUT2D eigenvalue weighted by Gasteiger charge is 2.37. The molecule has 1 aromatic heterocycles. The number of rotatable bonds is 8. The normalized spacial score (nSPS) is 16.2. The Morgan fingerprint density at radius 1 is 1.09 bits per heavy atom. The molecule has 0 saturated carbocycles. The minimum absolute atomic E-state index is 0.118. The van der Waals surface area contributed by atoms with Crippen molar-refractivity contribution >= 4 is 38.9 Å². The van der Waals surface area contributed by atoms with E-state index in [1.165, 1.54) is 16.4 Å². The number of thiophene rings is 1. The Kier molecular flexibility index (Phi) is 6.95. The van der Waals surface area contributed by atoms with Crippen molar-refractivity contribution in [3.05, 3.63) is 94.3 Å². The number of carbonyl (C=O) groups excluding carboxylic acids is 1. The van der Waals surface area contributed by atoms with Crippen molar-refractivity contribution in [1.29, 1.82) is 0 Å². The Morgan fingerprint density at radius 2 is 1.88 bits per heavy atom. The van der Waals surface area contributed by atoms with Crippen LogP contribution in [0.4, 0.5) is 0 Å². The van der Waals surface area contributed by atoms with Crippen molar-refractivity contribution in [2.45, 2.75) is 23.4 Å². The highest BCUT2D eigenvalue weighted by atomic mass is 35.5. The van der Waals surface area contributed by atoms with E-state index in [1.807, 2.05) is 54.6 Å². The summed E-state index contributed by atoms with van der Waals surface area (Å²) in [5, 5.41) is 2.83. The number of sulfonamides is 1. The molecule has 4 rings (SSSR count). The van der Waals surface area contributed by atoms with Crippen molar-refractivity contribution < 1.29 is 17.9 Å². The number of carbonyl (C=O) groups is 1. The van der Waals surface area contributed by atoms with Gasteiger partial charge in [-0.2, -0.15) is 4.31 Å². The Balaban J connectivity index is 1.37. The number of hydrogen-bond donors (Lipinski definition) is 1. The lowest BCUT2D eigenvalue weighted by Gasteiger charge is -2.22. The van der Waals surface area contributed by atoms with Crippen molar-refractivity contribution in [3.63, 3.8) is 0 Å². The van der Waals surface area contributed by atoms with Crippen LogP contribution < -0.4 is 10.1 Å². The highest BCUT2D eigenvalue weighted by Crippen LogP contribution is 2.30. The number of halogens is 1. The SMILES string of the molecule is O=C(NCc1cccc(OCc2ccccc2)c1)C1C=CCN1S(=O)(=O)c1ccc(Cl)s1. The van der Waals surface area contributed by atoms with E-state index in [9.17, 15) is 13.2 Å². The van der Waals surface area contributed by atoms with Gasteiger partial charge in [-0.1, -0.05) is 66.2 Å². The van der Waals surface area contributed by atoms with Crippen molar-refractivity contribution in [1.82, 2.24) is 9.62 Å². The fourth-order valence-electron chi connectivity index (χ4n) is 3.30. The molecule has 1 N–H and O–H groups in total. The minimum Gasteiger partial charge on any atom is -0.489 e. The van der Waals surface area contributed by atoms with Crippen LogP contribution in [0.1, 0.15) is 11.1 Å². The fourth-order valence-corrected chi connectivity index (χ4v) is 6.41. The highest BCUT2D eigenvalue weighted by molar-refractivity contribution is 7.91. The molecule has 1 atom stereocenters. The zero-order chi connectivity index (χ0) is 22.6. The van der Waals surface area contributed by atoms with Gasteiger partial charge in [0.05, 0.1) is 4.34 Å². The number of benzene rings is 2. The van der Waals surface area contributed by atoms with Gasteiger partial charge in [0.1, 0.15) is 22.6 Å². The first-order valence-electron chi connectivity index (χ1n) is 9.91. The van der Waals surface area contributed by atoms with Crippen LogP contribution in [0.5, 0.6) is 5.75 Å². The van der Waals surface area contributed by atoms with E-state index in [0.29, 0.717) is 16.7 Å². The third-order valence-corrected chi connectivity index (χ3v) is 8.45. The van der Waals surface area contributed by atoms with E-state index < -0.39 is 16.1 Å². The summed E-state index contributed by atoms with van der Waals surface area (Å²) in [5.74, 6) is 0.306. The van der Waals surface area contributed by atoms with Crippen LogP contribution in [0.15, 0.2) is 83.1 Å². The van der Waals surface area contributed by atoms with Gasteiger partial charge in [0.2, 0.25) is 5.91 Å². The summed E-state index contributed by atoms with van der Waals surface area (Å²) in [5.41, 5.74) is 1.91. The summed E-state index contributed by atoms with van der Waals surface area (Å²) in [7, 11) is -3.81. The number of amides is 1. The molecule has 9 heteroatoms. The first-order valence-corrected chi connectivity index (χ1v) is 12.5. The van der Waals surface area contributed by atoms with Crippen LogP contribution in [0.2, 0.25) is 4.34 Å². The predicted molar refractivity (Wildman–Crippen MR) is 125 cm³/mol. The van der Waals surface area contributed by atoms with Gasteiger partial charge in [0.15, 0.2) is 0 Å². The predicted octanol–water partition coefficient (Wildman–Crippen LogP) is 4.23. The van der Waals surface area contributed by atoms with Crippen LogP contribution in [0.25, 0.3) is 0 Å². The summed E-state index contributed by atoms with van der Waals surface area (Å²) in [6.45, 7) is 0.840. The van der Waals surface area contributed by atoms with E-state index in [0.717, 1.165) is 22.5 Å². The maximum Gasteiger partial charge on any atom is 0.253 e. The quantitative estimate of drug-likeness (QED) is 0.481. The van der Waals surface area contributed by atoms with Gasteiger partial charge in [0.25, 0.3) is 10.0 Å². The van der Waals surface area contributed by atoms with E-state index in [1.54, 1.807) is 12.2 Å². The van der Waals surface area contributed by atoms with E-state index in [-0.39, 0.29) is 23.2 Å². The lowest BCUT2D eigenvalue weighted by molar-refractivity contribution is -0.123. The summed E-state index contributed by atoms with van der Waals surface area (Å²) in [6.07, 6.45) is 3.27. The van der Waals surface area contributed by atoms with Crippen LogP contribution >= 0.6 is 22.9 Å². The van der Waals surface area contributed by atoms with E-state index in [2.05, 4.69) is 5.32 Å². The third kappa shape index (κ3) is 5.21. The molecule has 2 heterocycles. The first-order chi connectivity index (χ1) is 15.4. The molecule has 0 bridgehead atoms. The number of nitrogens with zero attached hydrogens (tertiary/aromatic N) is 1. The second-order valence-corrected chi connectivity index (χ2v) is 11.0. The average molecular weight is 489 g/mol. The number of nitrogens with one attached hydrogen (secondary N) is 1. The average Bonchev–Trinajstić information content (AvgIpc) is 3.47. The lowest BCUT2D eigenvalue weighted by Crippen LogP contribution is -2.45. The molecule has 166 valence electrons. The van der Waals surface area contributed by atoms with Gasteiger partial charge in [-0.15, -0.1) is 11.3 Å². The molecule has 1 aliphatic rings. The lowest BCUT2D eigenvalue weighted by atomic mass is 10.2. The van der Waals surface area contributed by atoms with Crippen LogP contribution in [0, 0.1) is 0 Å². The van der Waals surface area contributed by atoms with Gasteiger partial charge in [-0.25, -0.2) is 8.42 Å². The monoisotopic (exact) mass is 488 g/mol. The first kappa shape index (κ1) is 22.5. The molecule has 6 nitrogen and oxygen atoms in total. The molecular weight excluding hydrogens is 468 g/mol. The van der Waals surface area contributed by atoms with Crippen molar-refractivity contribution in [2.24, 2.45) is 0 Å². The Bertz CT molecular complexity index is 1230. The molecule has 3 aromatic rings. The minimum atomic E-state index is -3.81. The zero-order valence-corrected chi connectivity index (χ0v) is 19.4. The molecule has 0 radical (unpaired) electrons. The zero-order valence-electron chi connectivity index (χ0n) is 17.0. The van der Waals surface area contributed by atoms with Crippen LogP contribution in [0.3, 0.4) is 0 Å². The molecule has 0 aliphatic carbocycles. The Hall–Kier alpha value is -2.65. The van der Waals surface area contributed by atoms with Crippen molar-refractivity contribution in [2.75, 3.05) is 6.54 Å². The summed E-state index contributed by atoms with van der Waals surface area (Å²) < 4.78 is 33.3. The van der Waals surface area contributed by atoms with Crippen LogP contribution in [-0.4, -0.2) is 31.2 Å². The maximum absolute atomic E-state index is 12.9. The Labute approximate surface area is 196 Å². The second kappa shape index (κ2) is 9.87. The van der Waals surface area contributed by atoms with E-state index in [4.69, 9.17) is 16.3 Å². The largest absolute Gasteiger partial charge is 0.489 e. The number of ether oxygens (including phenoxy) is 1. The fraction of sp³-hybridized carbons (Fsp3) is 0.174. The molecule has 1 unspecified atom stereocenters. The summed E-state index contributed by atoms with van der Waals surface area (Å²) >= 11 is 6.86. The van der Waals surface area contributed by atoms with Gasteiger partial charge in [0, 0.05) is 13.1 Å². The summed E-state index contributed by atoms with van der Waals surface area (Å²) in [4.78, 5) is 12.8. The van der Waals surface area contributed by atoms with Gasteiger partial charge in [-0.3, -0.25) is 4.79 Å². The molecule has 1 amide bonds. The second-order valence-electron chi connectivity index (χ2n) is 7.15.